The molecule has 0 heterocycles. The van der Waals surface area contributed by atoms with Crippen LogP contribution in [0, 0.1) is 0 Å². The maximum atomic E-state index is 10.1. The molecule has 0 bridgehead atoms. The van der Waals surface area contributed by atoms with Crippen LogP contribution in [0.25, 0.3) is 0 Å². The Morgan fingerprint density at radius 3 is 1.14 bits per heavy atom. The monoisotopic (exact) mass is 366 g/mol. The molecule has 0 aromatic carbocycles. The molecule has 10 nitrogen and oxygen atoms in total. The molecule has 0 amide bonds. The summed E-state index contributed by atoms with van der Waals surface area (Å²) >= 11 is 0. The van der Waals surface area contributed by atoms with Crippen molar-refractivity contribution in [3.63, 3.8) is 0 Å². The molecule has 0 spiro atoms. The van der Waals surface area contributed by atoms with Crippen LogP contribution in [-0.4, -0.2) is 87.3 Å². The Morgan fingerprint density at radius 2 is 1.00 bits per heavy atom. The van der Waals surface area contributed by atoms with Crippen molar-refractivity contribution < 1.29 is 46.7 Å². The smallest absolute Gasteiger partial charge is 0.265 e. The van der Waals surface area contributed by atoms with Crippen molar-refractivity contribution >= 4 is 15.6 Å². The lowest BCUT2D eigenvalue weighted by atomic mass is 10.5. The minimum Gasteiger partial charge on any atom is -0.756 e. The van der Waals surface area contributed by atoms with Crippen LogP contribution in [0.5, 0.6) is 0 Å². The highest BCUT2D eigenvalue weighted by Crippen LogP contribution is 2.30. The van der Waals surface area contributed by atoms with Crippen molar-refractivity contribution in [3.8, 4) is 0 Å². The molecule has 0 radical (unpaired) electrons. The predicted octanol–water partition coefficient (Wildman–Crippen LogP) is -1.66. The highest BCUT2D eigenvalue weighted by molar-refractivity contribution is 7.45. The lowest BCUT2D eigenvalue weighted by molar-refractivity contribution is -0.870. The van der Waals surface area contributed by atoms with Crippen molar-refractivity contribution in [2.24, 2.45) is 0 Å². The summed E-state index contributed by atoms with van der Waals surface area (Å²) in [5, 5.41) is 0. The average molecular weight is 366 g/mol. The molecule has 0 aromatic heterocycles. The number of quaternary nitrogens is 2. The molecule has 0 aliphatic rings. The van der Waals surface area contributed by atoms with Gasteiger partial charge in [-0.25, -0.2) is 0 Å². The molecule has 22 heavy (non-hydrogen) atoms. The zero-order chi connectivity index (χ0) is 18.2. The minimum atomic E-state index is -4.51. The fraction of sp³-hybridized carbons (Fsp3) is 1.00. The molecule has 2 unspecified atom stereocenters. The maximum Gasteiger partial charge on any atom is 0.265 e. The summed E-state index contributed by atoms with van der Waals surface area (Å²) < 4.78 is 29.6. The van der Waals surface area contributed by atoms with E-state index in [9.17, 15) is 18.9 Å². The van der Waals surface area contributed by atoms with Gasteiger partial charge >= 0.3 is 0 Å². The van der Waals surface area contributed by atoms with Crippen molar-refractivity contribution in [2.45, 2.75) is 0 Å². The Balaban J connectivity index is 0. The van der Waals surface area contributed by atoms with Crippen LogP contribution in [-0.2, 0) is 18.2 Å². The molecule has 12 heteroatoms. The van der Waals surface area contributed by atoms with Gasteiger partial charge in [0.15, 0.2) is 0 Å². The first-order chi connectivity index (χ1) is 9.41. The van der Waals surface area contributed by atoms with Crippen LogP contribution in [0.3, 0.4) is 0 Å². The first-order valence-electron chi connectivity index (χ1n) is 6.39. The fourth-order valence-corrected chi connectivity index (χ4v) is 1.48. The summed E-state index contributed by atoms with van der Waals surface area (Å²) in [5.41, 5.74) is 0. The molecule has 0 aromatic rings. The first kappa shape index (κ1) is 24.4. The van der Waals surface area contributed by atoms with Gasteiger partial charge in [0.1, 0.15) is 26.3 Å². The topological polar surface area (TPSA) is 139 Å². The van der Waals surface area contributed by atoms with Crippen LogP contribution in [0.15, 0.2) is 0 Å². The van der Waals surface area contributed by atoms with E-state index in [1.165, 1.54) is 0 Å². The van der Waals surface area contributed by atoms with Gasteiger partial charge in [0.05, 0.1) is 42.3 Å². The molecule has 0 aliphatic carbocycles. The number of hydrogen-bond acceptors (Lipinski definition) is 6. The third-order valence-electron chi connectivity index (χ3n) is 2.03. The molecule has 0 saturated carbocycles. The second-order valence-electron chi connectivity index (χ2n) is 6.63. The molecular formula is C10H28N2O8P2. The van der Waals surface area contributed by atoms with Gasteiger partial charge in [-0.15, -0.1) is 0 Å². The fourth-order valence-electron chi connectivity index (χ4n) is 0.860. The minimum absolute atomic E-state index is 0.0147. The van der Waals surface area contributed by atoms with Gasteiger partial charge in [0, 0.05) is 0 Å². The zero-order valence-electron chi connectivity index (χ0n) is 14.0. The van der Waals surface area contributed by atoms with Crippen molar-refractivity contribution in [3.05, 3.63) is 0 Å². The van der Waals surface area contributed by atoms with Crippen LogP contribution < -0.4 is 9.79 Å². The van der Waals surface area contributed by atoms with Gasteiger partial charge in [0.25, 0.3) is 15.6 Å². The summed E-state index contributed by atoms with van der Waals surface area (Å²) in [4.78, 5) is 36.5. The van der Waals surface area contributed by atoms with E-state index in [1.54, 1.807) is 0 Å². The van der Waals surface area contributed by atoms with E-state index in [0.717, 1.165) is 0 Å². The number of likely N-dealkylation sites (N-methyl/N-ethyl adjacent to an activating group) is 2. The van der Waals surface area contributed by atoms with Gasteiger partial charge < -0.3 is 37.6 Å². The van der Waals surface area contributed by atoms with E-state index in [2.05, 4.69) is 9.05 Å². The van der Waals surface area contributed by atoms with Crippen molar-refractivity contribution in [1.82, 2.24) is 0 Å². The number of phosphoric acid groups is 2. The quantitative estimate of drug-likeness (QED) is 0.384. The summed E-state index contributed by atoms with van der Waals surface area (Å²) in [6, 6.07) is 0. The Morgan fingerprint density at radius 1 is 0.773 bits per heavy atom. The van der Waals surface area contributed by atoms with Crippen LogP contribution in [0.2, 0.25) is 0 Å². The second kappa shape index (κ2) is 9.44. The van der Waals surface area contributed by atoms with E-state index in [4.69, 9.17) is 9.79 Å². The summed E-state index contributed by atoms with van der Waals surface area (Å²) in [7, 11) is 2.37. The normalized spacial score (nSPS) is 17.9. The molecule has 136 valence electrons. The first-order valence-corrected chi connectivity index (χ1v) is 9.38. The maximum absolute atomic E-state index is 10.1. The Bertz CT molecular complexity index is 355. The average Bonchev–Trinajstić information content (AvgIpc) is 2.08. The van der Waals surface area contributed by atoms with E-state index in [0.29, 0.717) is 22.1 Å². The number of hydrogen-bond donors (Lipinski definition) is 2. The van der Waals surface area contributed by atoms with Gasteiger partial charge in [0.2, 0.25) is 0 Å². The van der Waals surface area contributed by atoms with Gasteiger partial charge in [-0.1, -0.05) is 0 Å². The van der Waals surface area contributed by atoms with E-state index in [1.807, 2.05) is 42.3 Å². The standard InChI is InChI=1S/2C5H14NO4P/c2*1-6(2,3)4-5-10-11(7,8)9/h2*4-5H2,1-3H3,(H-,7,8,9). The molecule has 2 N–H and O–H groups in total. The largest absolute Gasteiger partial charge is 0.756 e. The predicted molar refractivity (Wildman–Crippen MR) is 77.4 cm³/mol. The second-order valence-corrected chi connectivity index (χ2v) is 9.02. The number of phosphoric ester groups is 2. The summed E-state index contributed by atoms with van der Waals surface area (Å²) in [5.74, 6) is 0. The summed E-state index contributed by atoms with van der Waals surface area (Å²) in [6.07, 6.45) is 0. The highest BCUT2D eigenvalue weighted by atomic mass is 31.2. The number of rotatable bonds is 8. The molecule has 2 atom stereocenters. The van der Waals surface area contributed by atoms with Crippen LogP contribution in [0.1, 0.15) is 0 Å². The summed E-state index contributed by atoms with van der Waals surface area (Å²) in [6.45, 7) is 1.10. The van der Waals surface area contributed by atoms with Crippen LogP contribution in [0.4, 0.5) is 0 Å². The lowest BCUT2D eigenvalue weighted by Gasteiger charge is -2.25. The van der Waals surface area contributed by atoms with Gasteiger partial charge in [-0.3, -0.25) is 9.13 Å². The Hall–Kier alpha value is 0.140. The molecular weight excluding hydrogens is 338 g/mol. The molecule has 0 saturated heterocycles. The molecule has 0 fully saturated rings. The third-order valence-corrected chi connectivity index (χ3v) is 3.05. The van der Waals surface area contributed by atoms with Gasteiger partial charge in [-0.2, -0.15) is 0 Å². The van der Waals surface area contributed by atoms with Gasteiger partial charge in [-0.05, 0) is 0 Å². The zero-order valence-corrected chi connectivity index (χ0v) is 15.8. The van der Waals surface area contributed by atoms with E-state index < -0.39 is 15.6 Å². The molecule has 0 rings (SSSR count). The Kier molecular flexibility index (Phi) is 10.5. The highest BCUT2D eigenvalue weighted by Gasteiger charge is 2.09. The molecule has 0 aliphatic heterocycles. The SMILES string of the molecule is C[N+](C)(C)CCOP(=O)([O-])O.C[N+](C)(C)CCOP(=O)([O-])O. The van der Waals surface area contributed by atoms with Crippen molar-refractivity contribution in [1.29, 1.82) is 0 Å². The van der Waals surface area contributed by atoms with Crippen LogP contribution >= 0.6 is 15.6 Å². The van der Waals surface area contributed by atoms with Crippen molar-refractivity contribution in [2.75, 3.05) is 68.6 Å². The lowest BCUT2D eigenvalue weighted by Crippen LogP contribution is -2.37. The van der Waals surface area contributed by atoms with E-state index in [-0.39, 0.29) is 13.2 Å². The third kappa shape index (κ3) is 28.3. The number of nitrogens with zero attached hydrogens (tertiary/aromatic N) is 2. The van der Waals surface area contributed by atoms with E-state index >= 15 is 0 Å². The Labute approximate surface area is 131 Å².